The minimum atomic E-state index is 0.0849. The van der Waals surface area contributed by atoms with Crippen LogP contribution in [0.25, 0.3) is 0 Å². The molecule has 130 valence electrons. The van der Waals surface area contributed by atoms with E-state index in [1.54, 1.807) is 0 Å². The molecule has 0 spiro atoms. The third-order valence-electron chi connectivity index (χ3n) is 3.90. The maximum atomic E-state index is 7.74. The van der Waals surface area contributed by atoms with E-state index in [0.717, 1.165) is 31.2 Å². The van der Waals surface area contributed by atoms with Crippen molar-refractivity contribution in [3.8, 4) is 0 Å². The van der Waals surface area contributed by atoms with E-state index in [1.165, 1.54) is 11.1 Å². The van der Waals surface area contributed by atoms with Gasteiger partial charge in [0, 0.05) is 37.1 Å². The lowest BCUT2D eigenvalue weighted by Gasteiger charge is -2.35. The highest BCUT2D eigenvalue weighted by atomic mass is 35.5. The van der Waals surface area contributed by atoms with Crippen molar-refractivity contribution in [2.45, 2.75) is 6.04 Å². The van der Waals surface area contributed by atoms with Crippen LogP contribution in [0.4, 0.5) is 0 Å². The summed E-state index contributed by atoms with van der Waals surface area (Å²) in [7, 11) is 0. The summed E-state index contributed by atoms with van der Waals surface area (Å²) < 4.78 is 0. The predicted octanol–water partition coefficient (Wildman–Crippen LogP) is 3.55. The maximum absolute atomic E-state index is 7.74. The van der Waals surface area contributed by atoms with Crippen LogP contribution in [0.1, 0.15) is 17.2 Å². The van der Waals surface area contributed by atoms with Gasteiger partial charge in [-0.2, -0.15) is 0 Å². The first kappa shape index (κ1) is 19.2. The van der Waals surface area contributed by atoms with Crippen LogP contribution in [0.15, 0.2) is 54.6 Å². The van der Waals surface area contributed by atoms with Crippen LogP contribution in [0.2, 0.25) is 5.02 Å². The summed E-state index contributed by atoms with van der Waals surface area (Å²) in [5, 5.41) is 12.0. The fourth-order valence-electron chi connectivity index (χ4n) is 2.83. The molecule has 1 heterocycles. The second-order valence-electron chi connectivity index (χ2n) is 5.56. The normalized spacial score (nSPS) is 16.1. The molecule has 3 nitrogen and oxygen atoms in total. The molecule has 0 radical (unpaired) electrons. The summed E-state index contributed by atoms with van der Waals surface area (Å²) in [6.07, 6.45) is 0. The van der Waals surface area contributed by atoms with Crippen LogP contribution >= 0.6 is 23.2 Å². The van der Waals surface area contributed by atoms with Crippen molar-refractivity contribution < 1.29 is 5.11 Å². The van der Waals surface area contributed by atoms with Crippen molar-refractivity contribution >= 4 is 23.2 Å². The number of nitrogens with one attached hydrogen (secondary N) is 1. The molecular weight excluding hydrogens is 343 g/mol. The number of alkyl halides is 1. The summed E-state index contributed by atoms with van der Waals surface area (Å²) in [6.45, 7) is 4.33. The Balaban J connectivity index is 0.000000471. The number of benzene rings is 2. The molecule has 24 heavy (non-hydrogen) atoms. The third-order valence-corrected chi connectivity index (χ3v) is 4.32. The minimum Gasteiger partial charge on any atom is -0.395 e. The molecule has 0 bridgehead atoms. The molecule has 5 heteroatoms. The van der Waals surface area contributed by atoms with Crippen molar-refractivity contribution in [1.82, 2.24) is 10.2 Å². The zero-order valence-electron chi connectivity index (χ0n) is 13.7. The van der Waals surface area contributed by atoms with E-state index in [2.05, 4.69) is 52.7 Å². The minimum absolute atomic E-state index is 0.0849. The van der Waals surface area contributed by atoms with Gasteiger partial charge in [0.25, 0.3) is 0 Å². The number of rotatable bonds is 4. The van der Waals surface area contributed by atoms with Gasteiger partial charge in [-0.1, -0.05) is 54.1 Å². The molecule has 1 atom stereocenters. The zero-order chi connectivity index (χ0) is 17.2. The molecule has 2 N–H and O–H groups in total. The van der Waals surface area contributed by atoms with Gasteiger partial charge >= 0.3 is 0 Å². The number of hydrogen-bond donors (Lipinski definition) is 2. The summed E-state index contributed by atoms with van der Waals surface area (Å²) in [6, 6.07) is 19.3. The average molecular weight is 367 g/mol. The van der Waals surface area contributed by atoms with Gasteiger partial charge in [-0.3, -0.25) is 4.90 Å². The number of halogens is 2. The van der Waals surface area contributed by atoms with Crippen molar-refractivity contribution in [3.63, 3.8) is 0 Å². The van der Waals surface area contributed by atoms with Gasteiger partial charge in [0.15, 0.2) is 0 Å². The van der Waals surface area contributed by atoms with Crippen LogP contribution in [0, 0.1) is 0 Å². The quantitative estimate of drug-likeness (QED) is 0.812. The lowest BCUT2D eigenvalue weighted by Crippen LogP contribution is -2.45. The fraction of sp³-hybridized carbons (Fsp3) is 0.368. The third kappa shape index (κ3) is 5.76. The summed E-state index contributed by atoms with van der Waals surface area (Å²) in [5.41, 5.74) is 2.65. The molecule has 1 aliphatic heterocycles. The summed E-state index contributed by atoms with van der Waals surface area (Å²) >= 11 is 11.0. The first-order valence-electron chi connectivity index (χ1n) is 8.18. The molecule has 1 unspecified atom stereocenters. The SMILES string of the molecule is Clc1ccc(C(c2ccccc2)N2CCNCC2)cc1.OCCCl. The smallest absolute Gasteiger partial charge is 0.0602 e. The Morgan fingerprint density at radius 2 is 1.50 bits per heavy atom. The number of aliphatic hydroxyl groups is 1. The van der Waals surface area contributed by atoms with E-state index < -0.39 is 0 Å². The Labute approximate surface area is 154 Å². The molecule has 0 aromatic heterocycles. The van der Waals surface area contributed by atoms with Crippen molar-refractivity contribution in [1.29, 1.82) is 0 Å². The standard InChI is InChI=1S/C17H19ClN2.C2H5ClO/c18-16-8-6-15(7-9-16)17(14-4-2-1-3-5-14)20-12-10-19-11-13-20;3-1-2-4/h1-9,17,19H,10-13H2;4H,1-2H2. The van der Waals surface area contributed by atoms with Gasteiger partial charge in [0.05, 0.1) is 12.6 Å². The Bertz CT molecular complexity index is 570. The number of nitrogens with zero attached hydrogens (tertiary/aromatic N) is 1. The lowest BCUT2D eigenvalue weighted by molar-refractivity contribution is 0.198. The largest absolute Gasteiger partial charge is 0.395 e. The molecule has 0 amide bonds. The Kier molecular flexibility index (Phi) is 8.57. The van der Waals surface area contributed by atoms with Gasteiger partial charge in [-0.15, -0.1) is 11.6 Å². The highest BCUT2D eigenvalue weighted by Crippen LogP contribution is 2.29. The van der Waals surface area contributed by atoms with Crippen molar-refractivity contribution in [3.05, 3.63) is 70.7 Å². The summed E-state index contributed by atoms with van der Waals surface area (Å²) in [5.74, 6) is 0.347. The number of aliphatic hydroxyl groups excluding tert-OH is 1. The van der Waals surface area contributed by atoms with E-state index in [4.69, 9.17) is 28.3 Å². The second-order valence-corrected chi connectivity index (χ2v) is 6.38. The molecule has 2 aromatic carbocycles. The Morgan fingerprint density at radius 1 is 0.958 bits per heavy atom. The molecule has 1 fully saturated rings. The van der Waals surface area contributed by atoms with Gasteiger partial charge in [-0.05, 0) is 23.3 Å². The predicted molar refractivity (Wildman–Crippen MR) is 102 cm³/mol. The van der Waals surface area contributed by atoms with Crippen LogP contribution < -0.4 is 5.32 Å². The molecular formula is C19H24Cl2N2O. The van der Waals surface area contributed by atoms with Crippen LogP contribution in [-0.2, 0) is 0 Å². The number of piperazine rings is 1. The van der Waals surface area contributed by atoms with Gasteiger partial charge in [0.1, 0.15) is 0 Å². The van der Waals surface area contributed by atoms with Gasteiger partial charge in [0.2, 0.25) is 0 Å². The molecule has 1 aliphatic rings. The van der Waals surface area contributed by atoms with Crippen molar-refractivity contribution in [2.75, 3.05) is 38.7 Å². The highest BCUT2D eigenvalue weighted by Gasteiger charge is 2.23. The molecule has 3 rings (SSSR count). The topological polar surface area (TPSA) is 35.5 Å². The van der Waals surface area contributed by atoms with Crippen LogP contribution in [-0.4, -0.2) is 48.7 Å². The molecule has 0 aliphatic carbocycles. The lowest BCUT2D eigenvalue weighted by atomic mass is 9.96. The molecule has 0 saturated carbocycles. The molecule has 1 saturated heterocycles. The number of hydrogen-bond acceptors (Lipinski definition) is 3. The van der Waals surface area contributed by atoms with Crippen molar-refractivity contribution in [2.24, 2.45) is 0 Å². The maximum Gasteiger partial charge on any atom is 0.0602 e. The van der Waals surface area contributed by atoms with Crippen LogP contribution in [0.5, 0.6) is 0 Å². The summed E-state index contributed by atoms with van der Waals surface area (Å²) in [4.78, 5) is 2.54. The highest BCUT2D eigenvalue weighted by molar-refractivity contribution is 6.30. The van der Waals surface area contributed by atoms with Crippen LogP contribution in [0.3, 0.4) is 0 Å². The second kappa shape index (κ2) is 10.7. The van der Waals surface area contributed by atoms with E-state index in [-0.39, 0.29) is 6.61 Å². The average Bonchev–Trinajstić information content (AvgIpc) is 2.65. The first-order chi connectivity index (χ1) is 11.8. The Morgan fingerprint density at radius 3 is 2.04 bits per heavy atom. The zero-order valence-corrected chi connectivity index (χ0v) is 15.2. The van der Waals surface area contributed by atoms with E-state index >= 15 is 0 Å². The van der Waals surface area contributed by atoms with E-state index in [9.17, 15) is 0 Å². The van der Waals surface area contributed by atoms with E-state index in [1.807, 2.05) is 12.1 Å². The molecule has 2 aromatic rings. The Hall–Kier alpha value is -1.10. The van der Waals surface area contributed by atoms with E-state index in [0.29, 0.717) is 11.9 Å². The monoisotopic (exact) mass is 366 g/mol. The van der Waals surface area contributed by atoms with Gasteiger partial charge < -0.3 is 10.4 Å². The van der Waals surface area contributed by atoms with Gasteiger partial charge in [-0.25, -0.2) is 0 Å². The first-order valence-corrected chi connectivity index (χ1v) is 9.09. The fourth-order valence-corrected chi connectivity index (χ4v) is 2.96.